The summed E-state index contributed by atoms with van der Waals surface area (Å²) in [5, 5.41) is 8.14. The molecule has 4 aliphatic heterocycles. The van der Waals surface area contributed by atoms with Crippen molar-refractivity contribution < 1.29 is 9.68 Å². The van der Waals surface area contributed by atoms with Crippen LogP contribution in [0.5, 0.6) is 0 Å². The number of anilines is 4. The average Bonchev–Trinajstić information content (AvgIpc) is 3.87. The molecule has 8 heteroatoms. The van der Waals surface area contributed by atoms with Crippen LogP contribution in [0.3, 0.4) is 0 Å². The second-order valence-corrected chi connectivity index (χ2v) is 18.2. The van der Waals surface area contributed by atoms with E-state index in [4.69, 9.17) is 9.68 Å². The molecule has 0 saturated heterocycles. The molecule has 7 aromatic carbocycles. The van der Waals surface area contributed by atoms with Gasteiger partial charge < -0.3 is 9.62 Å². The average molecular weight is 751 g/mol. The smallest absolute Gasteiger partial charge is 0.393 e. The maximum Gasteiger partial charge on any atom is 0.438 e. The topological polar surface area (TPSA) is 31.4 Å². The van der Waals surface area contributed by atoms with E-state index >= 15 is 0 Å². The summed E-state index contributed by atoms with van der Waals surface area (Å²) in [4.78, 5) is 25.1. The number of fused-ring (bicyclic) bond motifs is 8. The normalized spacial score (nSPS) is 23.6. The highest BCUT2D eigenvalue weighted by atomic mass is 16.7. The first-order valence-corrected chi connectivity index (χ1v) is 21.5. The first-order valence-electron chi connectivity index (χ1n) is 21.5. The summed E-state index contributed by atoms with van der Waals surface area (Å²) in [6.45, 7) is -0.211. The number of nitrogens with zero attached hydrogens (tertiary/aromatic N) is 4. The van der Waals surface area contributed by atoms with Crippen molar-refractivity contribution in [1.82, 2.24) is 0 Å². The second-order valence-electron chi connectivity index (χ2n) is 18.2. The summed E-state index contributed by atoms with van der Waals surface area (Å²) in [6, 6.07) is 37.2. The van der Waals surface area contributed by atoms with Crippen molar-refractivity contribution in [3.63, 3.8) is 0 Å². The minimum absolute atomic E-state index is 0.0460. The fourth-order valence-corrected chi connectivity index (χ4v) is 13.2. The fraction of sp³-hybridized carbons (Fsp3) is 0.240. The SMILES string of the molecule is CN1B(c2cccc3c2CCC=C3)N2OC3C(c4cc5c6c(ccc1c6c42)CC5)C1ON2B(c4cccc5ccccc45)N(C)c4ccc5c6c(cc(c2c46)C31)CC5. The maximum absolute atomic E-state index is 7.71. The highest BCUT2D eigenvalue weighted by Crippen LogP contribution is 2.65. The summed E-state index contributed by atoms with van der Waals surface area (Å²) in [7, 11) is 4.57. The molecule has 4 atom stereocenters. The molecular weight excluding hydrogens is 710 g/mol. The van der Waals surface area contributed by atoms with Gasteiger partial charge in [0, 0.05) is 34.0 Å². The third-order valence-corrected chi connectivity index (χ3v) is 15.7. The van der Waals surface area contributed by atoms with Gasteiger partial charge in [-0.2, -0.15) is 0 Å². The maximum atomic E-state index is 7.71. The molecule has 7 aromatic rings. The monoisotopic (exact) mass is 750 g/mol. The van der Waals surface area contributed by atoms with Gasteiger partial charge in [-0.15, -0.1) is 0 Å². The van der Waals surface area contributed by atoms with E-state index in [1.54, 1.807) is 0 Å². The van der Waals surface area contributed by atoms with Gasteiger partial charge in [-0.1, -0.05) is 97.1 Å². The molecule has 15 rings (SSSR count). The second kappa shape index (κ2) is 10.7. The van der Waals surface area contributed by atoms with Gasteiger partial charge >= 0.3 is 14.0 Å². The Morgan fingerprint density at radius 2 is 1.12 bits per heavy atom. The van der Waals surface area contributed by atoms with Crippen molar-refractivity contribution in [3.8, 4) is 0 Å². The van der Waals surface area contributed by atoms with Crippen LogP contribution < -0.4 is 30.5 Å². The van der Waals surface area contributed by atoms with Crippen LogP contribution in [0.15, 0.2) is 103 Å². The number of allylic oxidation sites excluding steroid dienone is 1. The van der Waals surface area contributed by atoms with Crippen LogP contribution in [-0.4, -0.2) is 40.3 Å². The predicted molar refractivity (Wildman–Crippen MR) is 238 cm³/mol. The molecule has 4 unspecified atom stereocenters. The Balaban J connectivity index is 0.971. The van der Waals surface area contributed by atoms with Crippen LogP contribution in [0.1, 0.15) is 62.8 Å². The summed E-state index contributed by atoms with van der Waals surface area (Å²) in [6.07, 6.45) is 11.0. The molecule has 0 aromatic heterocycles. The molecule has 0 amide bonds. The van der Waals surface area contributed by atoms with Gasteiger partial charge in [0.25, 0.3) is 0 Å². The lowest BCUT2D eigenvalue weighted by Crippen LogP contribution is -2.71. The van der Waals surface area contributed by atoms with Crippen molar-refractivity contribution in [3.05, 3.63) is 148 Å². The largest absolute Gasteiger partial charge is 0.438 e. The van der Waals surface area contributed by atoms with Crippen LogP contribution in [0.2, 0.25) is 0 Å². The minimum atomic E-state index is -0.128. The molecule has 278 valence electrons. The summed E-state index contributed by atoms with van der Waals surface area (Å²) in [5.74, 6) is 0.212. The Morgan fingerprint density at radius 1 is 0.552 bits per heavy atom. The molecule has 1 fully saturated rings. The molecule has 4 aliphatic carbocycles. The van der Waals surface area contributed by atoms with Gasteiger partial charge in [0.05, 0.1) is 11.4 Å². The standard InChI is InChI=1S/C50H40B2N4O2/c1-53-39-23-21-29-17-19-31-25-35-43-49(57-55(47(35)45(39)41(29)31)51(53)37-15-7-11-27-9-3-5-13-33(27)37)44-36-26-32-20-18-30-22-24-40-46(42(30)32)48(36)56(58-50(43)44)52(54(40)2)38-16-8-12-28-10-4-6-14-34(28)38/h3-5,7-13,15-16,21-26,43-44,49-50H,6,14,17-20H2,1-2H3. The summed E-state index contributed by atoms with van der Waals surface area (Å²) >= 11 is 0. The van der Waals surface area contributed by atoms with E-state index in [1.165, 1.54) is 111 Å². The van der Waals surface area contributed by atoms with Crippen LogP contribution >= 0.6 is 0 Å². The van der Waals surface area contributed by atoms with E-state index in [1.807, 2.05) is 0 Å². The Morgan fingerprint density at radius 3 is 1.79 bits per heavy atom. The lowest BCUT2D eigenvalue weighted by atomic mass is 9.55. The molecule has 1 saturated carbocycles. The third kappa shape index (κ3) is 3.60. The summed E-state index contributed by atoms with van der Waals surface area (Å²) in [5.41, 5.74) is 19.2. The van der Waals surface area contributed by atoms with E-state index in [9.17, 15) is 0 Å². The lowest BCUT2D eigenvalue weighted by Gasteiger charge is -2.62. The molecular formula is C50H40B2N4O2. The van der Waals surface area contributed by atoms with Crippen molar-refractivity contribution in [2.45, 2.75) is 62.6 Å². The Kier molecular flexibility index (Phi) is 5.76. The number of rotatable bonds is 2. The van der Waals surface area contributed by atoms with Crippen LogP contribution in [-0.2, 0) is 41.8 Å². The summed E-state index contributed by atoms with van der Waals surface area (Å²) < 4.78 is 0. The van der Waals surface area contributed by atoms with Gasteiger partial charge in [0.15, 0.2) is 0 Å². The van der Waals surface area contributed by atoms with Crippen molar-refractivity contribution >= 4 is 86.0 Å². The number of aryl methyl sites for hydroxylation is 4. The first-order chi connectivity index (χ1) is 28.6. The van der Waals surface area contributed by atoms with Gasteiger partial charge in [-0.05, 0) is 142 Å². The Labute approximate surface area is 338 Å². The molecule has 0 bridgehead atoms. The molecule has 6 nitrogen and oxygen atoms in total. The molecule has 58 heavy (non-hydrogen) atoms. The number of hydrogen-bond acceptors (Lipinski definition) is 6. The first kappa shape index (κ1) is 31.3. The fourth-order valence-electron chi connectivity index (χ4n) is 13.2. The molecule has 0 spiro atoms. The minimum Gasteiger partial charge on any atom is -0.393 e. The number of benzene rings is 7. The number of hydrogen-bond donors (Lipinski definition) is 0. The predicted octanol–water partition coefficient (Wildman–Crippen LogP) is 8.11. The highest BCUT2D eigenvalue weighted by Gasteiger charge is 2.65. The zero-order valence-electron chi connectivity index (χ0n) is 32.7. The van der Waals surface area contributed by atoms with E-state index in [0.29, 0.717) is 0 Å². The molecule has 0 radical (unpaired) electrons. The highest BCUT2D eigenvalue weighted by molar-refractivity contribution is 6.83. The van der Waals surface area contributed by atoms with Crippen LogP contribution in [0.25, 0.3) is 38.4 Å². The van der Waals surface area contributed by atoms with Crippen LogP contribution in [0.4, 0.5) is 22.7 Å². The van der Waals surface area contributed by atoms with Gasteiger partial charge in [0.1, 0.15) is 12.2 Å². The van der Waals surface area contributed by atoms with E-state index in [-0.39, 0.29) is 38.0 Å². The van der Waals surface area contributed by atoms with E-state index in [2.05, 4.69) is 143 Å². The van der Waals surface area contributed by atoms with Crippen LogP contribution in [0, 0.1) is 0 Å². The zero-order chi connectivity index (χ0) is 37.7. The van der Waals surface area contributed by atoms with Crippen molar-refractivity contribution in [2.75, 3.05) is 33.7 Å². The third-order valence-electron chi connectivity index (χ3n) is 15.7. The molecule has 4 heterocycles. The van der Waals surface area contributed by atoms with Crippen molar-refractivity contribution in [1.29, 1.82) is 0 Å². The molecule has 0 N–H and O–H groups in total. The van der Waals surface area contributed by atoms with E-state index < -0.39 is 0 Å². The van der Waals surface area contributed by atoms with Crippen molar-refractivity contribution in [2.24, 2.45) is 0 Å². The zero-order valence-corrected chi connectivity index (χ0v) is 32.7. The lowest BCUT2D eigenvalue weighted by molar-refractivity contribution is -0.151. The van der Waals surface area contributed by atoms with Gasteiger partial charge in [-0.3, -0.25) is 19.6 Å². The Hall–Kier alpha value is -5.69. The quantitative estimate of drug-likeness (QED) is 0.166. The Bertz CT molecular complexity index is 3100. The van der Waals surface area contributed by atoms with E-state index in [0.717, 1.165) is 38.5 Å². The van der Waals surface area contributed by atoms with Gasteiger partial charge in [0.2, 0.25) is 0 Å². The van der Waals surface area contributed by atoms with Gasteiger partial charge in [-0.25, -0.2) is 0 Å². The molecule has 8 aliphatic rings.